The molecule has 0 fully saturated rings. The molecule has 0 N–H and O–H groups in total. The van der Waals surface area contributed by atoms with Crippen LogP contribution in [0.5, 0.6) is 0 Å². The number of rotatable bonds is 2. The van der Waals surface area contributed by atoms with Crippen molar-refractivity contribution in [2.45, 2.75) is 32.7 Å². The maximum Gasteiger partial charge on any atom is 0.0485 e. The van der Waals surface area contributed by atoms with E-state index in [-0.39, 0.29) is 0 Å². The van der Waals surface area contributed by atoms with Gasteiger partial charge in [0.15, 0.2) is 0 Å². The van der Waals surface area contributed by atoms with E-state index in [4.69, 9.17) is 0 Å². The smallest absolute Gasteiger partial charge is 0.0485 e. The van der Waals surface area contributed by atoms with Gasteiger partial charge in [-0.15, -0.1) is 0 Å². The highest BCUT2D eigenvalue weighted by Gasteiger charge is 2.12. The number of aromatic nitrogens is 1. The summed E-state index contributed by atoms with van der Waals surface area (Å²) >= 11 is 0. The first-order chi connectivity index (χ1) is 9.81. The van der Waals surface area contributed by atoms with Gasteiger partial charge in [0.25, 0.3) is 0 Å². The molecule has 3 aromatic rings. The summed E-state index contributed by atoms with van der Waals surface area (Å²) in [4.78, 5) is 0. The number of benzene rings is 2. The van der Waals surface area contributed by atoms with Gasteiger partial charge in [0.2, 0.25) is 0 Å². The van der Waals surface area contributed by atoms with Crippen LogP contribution in [0, 0.1) is 6.92 Å². The average Bonchev–Trinajstić information content (AvgIpc) is 3.04. The number of hydrogen-bond acceptors (Lipinski definition) is 0. The summed E-state index contributed by atoms with van der Waals surface area (Å²) in [6, 6.07) is 18.0. The van der Waals surface area contributed by atoms with Crippen molar-refractivity contribution in [1.29, 1.82) is 0 Å². The molecule has 0 atom stereocenters. The second-order valence-corrected chi connectivity index (χ2v) is 5.89. The van der Waals surface area contributed by atoms with E-state index in [0.717, 1.165) is 6.54 Å². The van der Waals surface area contributed by atoms with Gasteiger partial charge in [0.1, 0.15) is 0 Å². The highest BCUT2D eigenvalue weighted by atomic mass is 15.0. The molecule has 0 unspecified atom stereocenters. The van der Waals surface area contributed by atoms with Crippen LogP contribution in [0.4, 0.5) is 0 Å². The average molecular weight is 261 g/mol. The van der Waals surface area contributed by atoms with E-state index in [9.17, 15) is 0 Å². The van der Waals surface area contributed by atoms with Crippen molar-refractivity contribution < 1.29 is 0 Å². The van der Waals surface area contributed by atoms with Crippen LogP contribution >= 0.6 is 0 Å². The van der Waals surface area contributed by atoms with Crippen molar-refractivity contribution in [2.24, 2.45) is 0 Å². The first-order valence-corrected chi connectivity index (χ1v) is 7.47. The van der Waals surface area contributed by atoms with E-state index in [1.807, 2.05) is 0 Å². The fourth-order valence-electron chi connectivity index (χ4n) is 3.46. The lowest BCUT2D eigenvalue weighted by Gasteiger charge is -2.10. The van der Waals surface area contributed by atoms with Gasteiger partial charge in [-0.25, -0.2) is 0 Å². The van der Waals surface area contributed by atoms with E-state index in [1.54, 1.807) is 11.1 Å². The van der Waals surface area contributed by atoms with E-state index in [2.05, 4.69) is 60.0 Å². The van der Waals surface area contributed by atoms with Crippen molar-refractivity contribution in [2.75, 3.05) is 0 Å². The van der Waals surface area contributed by atoms with Crippen LogP contribution in [0.15, 0.2) is 48.5 Å². The lowest BCUT2D eigenvalue weighted by atomic mass is 10.1. The third-order valence-corrected chi connectivity index (χ3v) is 4.52. The largest absolute Gasteiger partial charge is 0.340 e. The molecular weight excluding hydrogens is 242 g/mol. The molecule has 1 aliphatic carbocycles. The van der Waals surface area contributed by atoms with Gasteiger partial charge in [0, 0.05) is 17.8 Å². The van der Waals surface area contributed by atoms with Crippen LogP contribution in [-0.4, -0.2) is 4.57 Å². The first kappa shape index (κ1) is 11.8. The Balaban J connectivity index is 1.76. The molecule has 0 radical (unpaired) electrons. The molecule has 0 aliphatic heterocycles. The van der Waals surface area contributed by atoms with Crippen molar-refractivity contribution in [3.05, 3.63) is 70.9 Å². The van der Waals surface area contributed by atoms with Crippen LogP contribution in [0.25, 0.3) is 10.9 Å². The van der Waals surface area contributed by atoms with Crippen LogP contribution in [-0.2, 0) is 19.4 Å². The molecule has 0 saturated heterocycles. The van der Waals surface area contributed by atoms with E-state index in [0.29, 0.717) is 0 Å². The Bertz CT molecular complexity index is 780. The summed E-state index contributed by atoms with van der Waals surface area (Å²) in [5.74, 6) is 0. The molecule has 0 saturated carbocycles. The minimum absolute atomic E-state index is 0.979. The van der Waals surface area contributed by atoms with Gasteiger partial charge in [-0.05, 0) is 60.4 Å². The van der Waals surface area contributed by atoms with Crippen LogP contribution in [0.1, 0.15) is 28.8 Å². The Kier molecular flexibility index (Phi) is 2.66. The summed E-state index contributed by atoms with van der Waals surface area (Å²) < 4.78 is 2.42. The lowest BCUT2D eigenvalue weighted by Crippen LogP contribution is -2.02. The highest BCUT2D eigenvalue weighted by molar-refractivity contribution is 5.81. The summed E-state index contributed by atoms with van der Waals surface area (Å²) in [6.07, 6.45) is 3.85. The Morgan fingerprint density at radius 3 is 2.75 bits per heavy atom. The second-order valence-electron chi connectivity index (χ2n) is 5.89. The maximum atomic E-state index is 2.42. The van der Waals surface area contributed by atoms with Crippen LogP contribution in [0.3, 0.4) is 0 Å². The summed E-state index contributed by atoms with van der Waals surface area (Å²) in [5, 5.41) is 1.34. The minimum atomic E-state index is 0.979. The van der Waals surface area contributed by atoms with Gasteiger partial charge in [-0.1, -0.05) is 36.4 Å². The molecule has 1 nitrogen and oxygen atoms in total. The highest BCUT2D eigenvalue weighted by Crippen LogP contribution is 2.25. The van der Waals surface area contributed by atoms with Crippen molar-refractivity contribution in [1.82, 2.24) is 4.57 Å². The Labute approximate surface area is 119 Å². The molecule has 1 aromatic heterocycles. The molecule has 0 amide bonds. The standard InChI is InChI=1S/C19H19N/c1-14-11-18-5-2-3-8-19(18)20(14)13-15-9-10-16-6-4-7-17(16)12-15/h2-3,5,8-12H,4,6-7,13H2,1H3. The van der Waals surface area contributed by atoms with Crippen molar-refractivity contribution in [3.8, 4) is 0 Å². The van der Waals surface area contributed by atoms with Crippen molar-refractivity contribution >= 4 is 10.9 Å². The number of para-hydroxylation sites is 1. The molecule has 100 valence electrons. The molecule has 20 heavy (non-hydrogen) atoms. The predicted octanol–water partition coefficient (Wildman–Crippen LogP) is 4.49. The summed E-state index contributed by atoms with van der Waals surface area (Å²) in [6.45, 7) is 3.18. The molecular formula is C19H19N. The molecule has 1 heterocycles. The van der Waals surface area contributed by atoms with Crippen LogP contribution in [0.2, 0.25) is 0 Å². The number of hydrogen-bond donors (Lipinski definition) is 0. The zero-order chi connectivity index (χ0) is 13.5. The van der Waals surface area contributed by atoms with Crippen molar-refractivity contribution in [3.63, 3.8) is 0 Å². The quantitative estimate of drug-likeness (QED) is 0.640. The third-order valence-electron chi connectivity index (χ3n) is 4.52. The van der Waals surface area contributed by atoms with Gasteiger partial charge < -0.3 is 4.57 Å². The Morgan fingerprint density at radius 2 is 1.80 bits per heavy atom. The Hall–Kier alpha value is -2.02. The molecule has 0 bridgehead atoms. The molecule has 1 heteroatoms. The summed E-state index contributed by atoms with van der Waals surface area (Å²) in [5.41, 5.74) is 7.23. The predicted molar refractivity (Wildman–Crippen MR) is 84.2 cm³/mol. The lowest BCUT2D eigenvalue weighted by molar-refractivity contribution is 0.803. The fraction of sp³-hybridized carbons (Fsp3) is 0.263. The van der Waals surface area contributed by atoms with Gasteiger partial charge in [-0.2, -0.15) is 0 Å². The number of nitrogens with zero attached hydrogens (tertiary/aromatic N) is 1. The molecule has 4 rings (SSSR count). The topological polar surface area (TPSA) is 4.93 Å². The van der Waals surface area contributed by atoms with Gasteiger partial charge in [0.05, 0.1) is 0 Å². The zero-order valence-corrected chi connectivity index (χ0v) is 11.9. The van der Waals surface area contributed by atoms with E-state index >= 15 is 0 Å². The van der Waals surface area contributed by atoms with Gasteiger partial charge in [-0.3, -0.25) is 0 Å². The number of aryl methyl sites for hydroxylation is 3. The second kappa shape index (κ2) is 4.52. The normalized spacial score (nSPS) is 13.8. The zero-order valence-electron chi connectivity index (χ0n) is 11.9. The van der Waals surface area contributed by atoms with Gasteiger partial charge >= 0.3 is 0 Å². The molecule has 1 aliphatic rings. The van der Waals surface area contributed by atoms with Crippen LogP contribution < -0.4 is 0 Å². The first-order valence-electron chi connectivity index (χ1n) is 7.47. The number of fused-ring (bicyclic) bond motifs is 2. The fourth-order valence-corrected chi connectivity index (χ4v) is 3.46. The summed E-state index contributed by atoms with van der Waals surface area (Å²) in [7, 11) is 0. The molecule has 0 spiro atoms. The third kappa shape index (κ3) is 1.85. The SMILES string of the molecule is Cc1cc2ccccc2n1Cc1ccc2c(c1)CCC2. The maximum absolute atomic E-state index is 2.42. The minimum Gasteiger partial charge on any atom is -0.340 e. The molecule has 2 aromatic carbocycles. The van der Waals surface area contributed by atoms with E-state index < -0.39 is 0 Å². The van der Waals surface area contributed by atoms with E-state index in [1.165, 1.54) is 41.4 Å². The Morgan fingerprint density at radius 1 is 0.950 bits per heavy atom. The monoisotopic (exact) mass is 261 g/mol.